The second kappa shape index (κ2) is 7.56. The molecule has 0 aromatic rings. The fourth-order valence-corrected chi connectivity index (χ4v) is 0.190. The fraction of sp³-hybridized carbons (Fsp3) is 0.200. The van der Waals surface area contributed by atoms with Gasteiger partial charge in [-0.3, -0.25) is 0 Å². The normalized spacial score (nSPS) is 10.7. The molecular weight excluding hydrogens is 153 g/mol. The molecule has 9 heavy (non-hydrogen) atoms. The number of rotatable bonds is 1. The van der Waals surface area contributed by atoms with Crippen molar-refractivity contribution in [1.29, 1.82) is 0 Å². The van der Waals surface area contributed by atoms with Gasteiger partial charge in [0.25, 0.3) is 6.08 Å². The van der Waals surface area contributed by atoms with Gasteiger partial charge in [0.2, 0.25) is 0 Å². The third-order valence-electron chi connectivity index (χ3n) is 0.252. The van der Waals surface area contributed by atoms with E-state index in [0.29, 0.717) is 0 Å². The van der Waals surface area contributed by atoms with E-state index in [9.17, 15) is 13.2 Å². The average molecular weight is 159 g/mol. The summed E-state index contributed by atoms with van der Waals surface area (Å²) in [6.07, 6.45) is -2.08. The largest absolute Gasteiger partial charge is 0.270 e. The van der Waals surface area contributed by atoms with Crippen LogP contribution in [0.3, 0.4) is 0 Å². The molecule has 0 nitrogen and oxygen atoms in total. The van der Waals surface area contributed by atoms with Gasteiger partial charge in [-0.05, 0) is 0 Å². The van der Waals surface area contributed by atoms with Crippen LogP contribution in [0, 0.1) is 0 Å². The third-order valence-corrected chi connectivity index (χ3v) is 0.378. The summed E-state index contributed by atoms with van der Waals surface area (Å²) in [5.74, 6) is 0. The Labute approximate surface area is 56.6 Å². The molecule has 0 fully saturated rings. The summed E-state index contributed by atoms with van der Waals surface area (Å²) in [7, 11) is 0. The van der Waals surface area contributed by atoms with Crippen LogP contribution in [-0.4, -0.2) is 5.63 Å². The minimum atomic E-state index is -2.09. The van der Waals surface area contributed by atoms with Crippen molar-refractivity contribution in [3.05, 3.63) is 25.3 Å². The first kappa shape index (κ1) is 11.4. The zero-order valence-electron chi connectivity index (χ0n) is 4.58. The maximum atomic E-state index is 11.2. The van der Waals surface area contributed by atoms with Crippen LogP contribution in [0.4, 0.5) is 13.2 Å². The second-order valence-corrected chi connectivity index (χ2v) is 1.21. The average Bonchev–Trinajstić information content (AvgIpc) is 1.68. The van der Waals surface area contributed by atoms with Crippen molar-refractivity contribution < 1.29 is 13.2 Å². The van der Waals surface area contributed by atoms with E-state index in [2.05, 4.69) is 24.8 Å². The molecule has 0 aromatic carbocycles. The first-order valence-corrected chi connectivity index (χ1v) is 2.37. The Hall–Kier alpha value is -0.440. The van der Waals surface area contributed by atoms with Crippen molar-refractivity contribution in [3.8, 4) is 0 Å². The summed E-state index contributed by atoms with van der Waals surface area (Å²) in [6.45, 7) is 6.00. The van der Waals surface area contributed by atoms with E-state index >= 15 is 0 Å². The molecule has 0 aromatic heterocycles. The van der Waals surface area contributed by atoms with Crippen LogP contribution < -0.4 is 0 Å². The first-order valence-electron chi connectivity index (χ1n) is 1.94. The van der Waals surface area contributed by atoms with Crippen LogP contribution in [0.5, 0.6) is 0 Å². The highest BCUT2D eigenvalue weighted by Gasteiger charge is 1.95. The molecule has 0 heterocycles. The monoisotopic (exact) mass is 158 g/mol. The van der Waals surface area contributed by atoms with Gasteiger partial charge in [-0.2, -0.15) is 8.78 Å². The van der Waals surface area contributed by atoms with Crippen molar-refractivity contribution >= 4 is 11.6 Å². The molecule has 0 aliphatic carbocycles. The van der Waals surface area contributed by atoms with Crippen molar-refractivity contribution in [1.82, 2.24) is 0 Å². The molecular formula is C5H6ClF3. The van der Waals surface area contributed by atoms with Gasteiger partial charge in [-0.25, -0.2) is 4.39 Å². The third kappa shape index (κ3) is 18.4. The van der Waals surface area contributed by atoms with Crippen molar-refractivity contribution in [2.45, 2.75) is 5.63 Å². The number of alkyl halides is 2. The molecule has 0 aliphatic heterocycles. The van der Waals surface area contributed by atoms with E-state index in [0.717, 1.165) is 0 Å². The SMILES string of the molecule is C=C.FC(F)=CC(F)Cl. The summed E-state index contributed by atoms with van der Waals surface area (Å²) in [6, 6.07) is 0. The number of hydrogen-bond acceptors (Lipinski definition) is 0. The highest BCUT2D eigenvalue weighted by atomic mass is 35.5. The summed E-state index contributed by atoms with van der Waals surface area (Å²) < 4.78 is 32.8. The van der Waals surface area contributed by atoms with Gasteiger partial charge in [-0.1, -0.05) is 11.6 Å². The lowest BCUT2D eigenvalue weighted by Gasteiger charge is -1.81. The predicted octanol–water partition coefficient (Wildman–Crippen LogP) is 3.10. The van der Waals surface area contributed by atoms with Crippen LogP contribution in [0.1, 0.15) is 0 Å². The van der Waals surface area contributed by atoms with Gasteiger partial charge in [0.1, 0.15) is 0 Å². The van der Waals surface area contributed by atoms with E-state index in [1.807, 2.05) is 0 Å². The van der Waals surface area contributed by atoms with Crippen LogP contribution in [0.15, 0.2) is 25.3 Å². The predicted molar refractivity (Wildman–Crippen MR) is 32.3 cm³/mol. The zero-order valence-corrected chi connectivity index (χ0v) is 5.34. The van der Waals surface area contributed by atoms with Gasteiger partial charge >= 0.3 is 0 Å². The molecule has 0 radical (unpaired) electrons. The zero-order chi connectivity index (χ0) is 7.86. The number of allylic oxidation sites excluding steroid dienone is 1. The Morgan fingerprint density at radius 2 is 1.78 bits per heavy atom. The Bertz CT molecular complexity index is 86.2. The highest BCUT2D eigenvalue weighted by molar-refractivity contribution is 6.20. The van der Waals surface area contributed by atoms with Gasteiger partial charge in [0, 0.05) is 6.08 Å². The van der Waals surface area contributed by atoms with E-state index in [1.54, 1.807) is 0 Å². The topological polar surface area (TPSA) is 0 Å². The molecule has 0 amide bonds. The summed E-state index contributed by atoms with van der Waals surface area (Å²) in [5.41, 5.74) is -2.06. The van der Waals surface area contributed by atoms with Gasteiger partial charge < -0.3 is 0 Å². The maximum absolute atomic E-state index is 11.2. The Balaban J connectivity index is 0. The number of halogens is 4. The van der Waals surface area contributed by atoms with Crippen LogP contribution in [-0.2, 0) is 0 Å². The lowest BCUT2D eigenvalue weighted by molar-refractivity contribution is 0.402. The number of hydrogen-bond donors (Lipinski definition) is 0. The molecule has 0 rings (SSSR count). The lowest BCUT2D eigenvalue weighted by atomic mass is 10.7. The van der Waals surface area contributed by atoms with Gasteiger partial charge in [0.05, 0.1) is 0 Å². The molecule has 0 N–H and O–H groups in total. The Morgan fingerprint density at radius 1 is 1.44 bits per heavy atom. The van der Waals surface area contributed by atoms with E-state index in [4.69, 9.17) is 0 Å². The van der Waals surface area contributed by atoms with Crippen LogP contribution >= 0.6 is 11.6 Å². The maximum Gasteiger partial charge on any atom is 0.270 e. The summed E-state index contributed by atoms with van der Waals surface area (Å²) in [4.78, 5) is 0. The fourth-order valence-electron chi connectivity index (χ4n) is 0.0952. The summed E-state index contributed by atoms with van der Waals surface area (Å²) in [5, 5.41) is 0. The van der Waals surface area contributed by atoms with Crippen molar-refractivity contribution in [2.75, 3.05) is 0 Å². The van der Waals surface area contributed by atoms with Gasteiger partial charge in [-0.15, -0.1) is 13.2 Å². The second-order valence-electron chi connectivity index (χ2n) is 0.791. The molecule has 0 spiro atoms. The minimum Gasteiger partial charge on any atom is -0.225 e. The molecule has 54 valence electrons. The summed E-state index contributed by atoms with van der Waals surface area (Å²) >= 11 is 4.45. The van der Waals surface area contributed by atoms with Crippen LogP contribution in [0.2, 0.25) is 0 Å². The van der Waals surface area contributed by atoms with E-state index in [1.165, 1.54) is 0 Å². The minimum absolute atomic E-state index is 0.0154. The lowest BCUT2D eigenvalue weighted by Crippen LogP contribution is -1.77. The molecule has 0 aliphatic rings. The molecule has 4 heteroatoms. The van der Waals surface area contributed by atoms with Crippen molar-refractivity contribution in [2.24, 2.45) is 0 Å². The van der Waals surface area contributed by atoms with Crippen LogP contribution in [0.25, 0.3) is 0 Å². The van der Waals surface area contributed by atoms with E-state index < -0.39 is 11.7 Å². The Kier molecular flexibility index (Phi) is 9.55. The first-order chi connectivity index (χ1) is 4.13. The smallest absolute Gasteiger partial charge is 0.225 e. The van der Waals surface area contributed by atoms with Crippen molar-refractivity contribution in [3.63, 3.8) is 0 Å². The molecule has 0 saturated carbocycles. The van der Waals surface area contributed by atoms with E-state index in [-0.39, 0.29) is 6.08 Å². The molecule has 1 unspecified atom stereocenters. The molecule has 1 atom stereocenters. The molecule has 0 bridgehead atoms. The highest BCUT2D eigenvalue weighted by Crippen LogP contribution is 2.05. The quantitative estimate of drug-likeness (QED) is 0.406. The Morgan fingerprint density at radius 3 is 1.78 bits per heavy atom. The van der Waals surface area contributed by atoms with Gasteiger partial charge in [0.15, 0.2) is 5.63 Å². The standard InChI is InChI=1S/C3H2ClF3.C2H4/c4-2(5)1-3(6)7;1-2/h1-2H;1-2H2. The molecule has 0 saturated heterocycles.